The molecule has 2 fully saturated rings. The Bertz CT molecular complexity index is 1270. The number of nitrogens with zero attached hydrogens (tertiary/aromatic N) is 3. The molecule has 7 heteroatoms. The van der Waals surface area contributed by atoms with E-state index in [0.29, 0.717) is 36.9 Å². The summed E-state index contributed by atoms with van der Waals surface area (Å²) in [6.45, 7) is 11.9. The molecule has 0 radical (unpaired) electrons. The molecule has 2 saturated heterocycles. The summed E-state index contributed by atoms with van der Waals surface area (Å²) in [5.41, 5.74) is 6.08. The monoisotopic (exact) mass is 534 g/mol. The molecule has 0 saturated carbocycles. The van der Waals surface area contributed by atoms with Crippen LogP contribution in [0.4, 0.5) is 4.39 Å². The van der Waals surface area contributed by atoms with E-state index in [-0.39, 0.29) is 0 Å². The summed E-state index contributed by atoms with van der Waals surface area (Å²) in [5.74, 6) is 0.0804. The first-order valence-electron chi connectivity index (χ1n) is 14.5. The number of fused-ring (bicyclic) bond motifs is 1. The van der Waals surface area contributed by atoms with E-state index in [1.54, 1.807) is 17.6 Å². The van der Waals surface area contributed by atoms with Crippen molar-refractivity contribution in [1.82, 2.24) is 19.8 Å². The molecule has 3 heterocycles. The van der Waals surface area contributed by atoms with E-state index in [1.807, 2.05) is 12.1 Å². The Morgan fingerprint density at radius 3 is 2.36 bits per heavy atom. The standard InChI is InChI=1S/C32H43FN4O2/c1-23(2)36-18-14-32(33,15-19-36)22-35-16-12-26(13-17-35)21-37-24(3)29(28-6-4-5-7-30(28)37)20-25-8-10-27(11-9-25)31(38)34-39/h4-11,23,26,39H,12-22H2,1-3H3,(H,34,38). The number of hydrogen-bond acceptors (Lipinski definition) is 4. The van der Waals surface area contributed by atoms with Gasteiger partial charge in [0.15, 0.2) is 0 Å². The van der Waals surface area contributed by atoms with Crippen LogP contribution in [0.15, 0.2) is 48.5 Å². The molecule has 1 amide bonds. The number of piperidine rings is 2. The van der Waals surface area contributed by atoms with Crippen LogP contribution in [0.2, 0.25) is 0 Å². The molecule has 0 spiro atoms. The van der Waals surface area contributed by atoms with Gasteiger partial charge in [-0.15, -0.1) is 0 Å². The van der Waals surface area contributed by atoms with Gasteiger partial charge in [0.25, 0.3) is 5.91 Å². The van der Waals surface area contributed by atoms with Gasteiger partial charge in [-0.1, -0.05) is 30.3 Å². The van der Waals surface area contributed by atoms with Crippen LogP contribution in [0.1, 0.15) is 66.7 Å². The normalized spacial score (nSPS) is 19.1. The van der Waals surface area contributed by atoms with Gasteiger partial charge in [-0.2, -0.15) is 0 Å². The molecule has 39 heavy (non-hydrogen) atoms. The molecular weight excluding hydrogens is 491 g/mol. The average molecular weight is 535 g/mol. The second kappa shape index (κ2) is 11.8. The minimum Gasteiger partial charge on any atom is -0.344 e. The number of benzene rings is 2. The number of rotatable bonds is 8. The lowest BCUT2D eigenvalue weighted by molar-refractivity contribution is 0.00673. The van der Waals surface area contributed by atoms with Crippen molar-refractivity contribution in [3.05, 3.63) is 70.9 Å². The van der Waals surface area contributed by atoms with Crippen LogP contribution < -0.4 is 5.48 Å². The number of aromatic nitrogens is 1. The summed E-state index contributed by atoms with van der Waals surface area (Å²) < 4.78 is 18.1. The van der Waals surface area contributed by atoms with Crippen LogP contribution in [-0.2, 0) is 13.0 Å². The molecule has 0 bridgehead atoms. The van der Waals surface area contributed by atoms with Crippen molar-refractivity contribution in [3.63, 3.8) is 0 Å². The summed E-state index contributed by atoms with van der Waals surface area (Å²) in [7, 11) is 0. The van der Waals surface area contributed by atoms with Crippen molar-refractivity contribution in [2.24, 2.45) is 5.92 Å². The van der Waals surface area contributed by atoms with E-state index in [4.69, 9.17) is 5.21 Å². The zero-order valence-electron chi connectivity index (χ0n) is 23.6. The number of alkyl halides is 1. The van der Waals surface area contributed by atoms with Gasteiger partial charge in [0.1, 0.15) is 5.67 Å². The number of para-hydroxylation sites is 1. The Hall–Kier alpha value is -2.74. The van der Waals surface area contributed by atoms with Crippen LogP contribution in [0.3, 0.4) is 0 Å². The molecule has 0 unspecified atom stereocenters. The van der Waals surface area contributed by atoms with E-state index in [2.05, 4.69) is 59.4 Å². The quantitative estimate of drug-likeness (QED) is 0.292. The van der Waals surface area contributed by atoms with E-state index < -0.39 is 11.6 Å². The van der Waals surface area contributed by atoms with E-state index >= 15 is 4.39 Å². The van der Waals surface area contributed by atoms with Crippen molar-refractivity contribution in [2.75, 3.05) is 32.7 Å². The second-order valence-corrected chi connectivity index (χ2v) is 12.0. The van der Waals surface area contributed by atoms with Crippen molar-refractivity contribution < 1.29 is 14.4 Å². The number of carbonyl (C=O) groups excluding carboxylic acids is 1. The maximum atomic E-state index is 15.6. The van der Waals surface area contributed by atoms with Crippen molar-refractivity contribution in [1.29, 1.82) is 0 Å². The van der Waals surface area contributed by atoms with Gasteiger partial charge in [0.05, 0.1) is 0 Å². The number of carbonyl (C=O) groups is 1. The first-order chi connectivity index (χ1) is 18.8. The first-order valence-corrected chi connectivity index (χ1v) is 14.5. The summed E-state index contributed by atoms with van der Waals surface area (Å²) in [6.07, 6.45) is 4.29. The summed E-state index contributed by atoms with van der Waals surface area (Å²) in [6, 6.07) is 16.5. The fraction of sp³-hybridized carbons (Fsp3) is 0.531. The number of amides is 1. The highest BCUT2D eigenvalue weighted by Gasteiger charge is 2.37. The molecule has 5 rings (SSSR count). The van der Waals surface area contributed by atoms with Gasteiger partial charge in [-0.3, -0.25) is 10.0 Å². The van der Waals surface area contributed by atoms with Gasteiger partial charge in [0.2, 0.25) is 0 Å². The molecule has 2 aromatic carbocycles. The van der Waals surface area contributed by atoms with Crippen LogP contribution in [-0.4, -0.2) is 69.9 Å². The molecule has 210 valence electrons. The highest BCUT2D eigenvalue weighted by atomic mass is 19.1. The average Bonchev–Trinajstić information content (AvgIpc) is 3.20. The van der Waals surface area contributed by atoms with Crippen molar-refractivity contribution >= 4 is 16.8 Å². The Labute approximate surface area is 231 Å². The fourth-order valence-corrected chi connectivity index (χ4v) is 6.59. The Morgan fingerprint density at radius 2 is 1.72 bits per heavy atom. The predicted octanol–water partition coefficient (Wildman–Crippen LogP) is 5.58. The van der Waals surface area contributed by atoms with Crippen LogP contribution >= 0.6 is 0 Å². The zero-order valence-corrected chi connectivity index (χ0v) is 23.6. The SMILES string of the molecule is Cc1c(Cc2ccc(C(=O)NO)cc2)c2ccccc2n1CC1CCN(CC2(F)CCN(C(C)C)CC2)CC1. The lowest BCUT2D eigenvalue weighted by atomic mass is 9.90. The second-order valence-electron chi connectivity index (χ2n) is 12.0. The zero-order chi connectivity index (χ0) is 27.6. The van der Waals surface area contributed by atoms with E-state index in [1.165, 1.54) is 22.2 Å². The third-order valence-electron chi connectivity index (χ3n) is 9.14. The Morgan fingerprint density at radius 1 is 1.05 bits per heavy atom. The van der Waals surface area contributed by atoms with Crippen molar-refractivity contribution in [2.45, 2.75) is 71.1 Å². The topological polar surface area (TPSA) is 60.7 Å². The lowest BCUT2D eigenvalue weighted by Gasteiger charge is -2.42. The molecule has 2 aliphatic heterocycles. The Kier molecular flexibility index (Phi) is 8.40. The minimum absolute atomic E-state index is 0.437. The molecule has 2 N–H and O–H groups in total. The lowest BCUT2D eigenvalue weighted by Crippen LogP contribution is -2.51. The smallest absolute Gasteiger partial charge is 0.274 e. The minimum atomic E-state index is -1.04. The number of hydroxylamine groups is 1. The molecule has 0 aliphatic carbocycles. The number of hydrogen-bond donors (Lipinski definition) is 2. The highest BCUT2D eigenvalue weighted by Crippen LogP contribution is 2.33. The van der Waals surface area contributed by atoms with Gasteiger partial charge in [-0.25, -0.2) is 9.87 Å². The van der Waals surface area contributed by atoms with Crippen LogP contribution in [0.5, 0.6) is 0 Å². The maximum Gasteiger partial charge on any atom is 0.274 e. The number of likely N-dealkylation sites (tertiary alicyclic amines) is 2. The number of nitrogens with one attached hydrogen (secondary N) is 1. The predicted molar refractivity (Wildman–Crippen MR) is 154 cm³/mol. The molecule has 2 aliphatic rings. The molecular formula is C32H43FN4O2. The number of halogens is 1. The first kappa shape index (κ1) is 27.8. The highest BCUT2D eigenvalue weighted by molar-refractivity contribution is 5.93. The molecule has 1 aromatic heterocycles. The fourth-order valence-electron chi connectivity index (χ4n) is 6.59. The van der Waals surface area contributed by atoms with E-state index in [9.17, 15) is 4.79 Å². The summed E-state index contributed by atoms with van der Waals surface area (Å²) >= 11 is 0. The van der Waals surface area contributed by atoms with Crippen molar-refractivity contribution in [3.8, 4) is 0 Å². The third-order valence-corrected chi connectivity index (χ3v) is 9.14. The molecule has 6 nitrogen and oxygen atoms in total. The van der Waals surface area contributed by atoms with Gasteiger partial charge < -0.3 is 14.4 Å². The summed E-state index contributed by atoms with van der Waals surface area (Å²) in [4.78, 5) is 16.5. The van der Waals surface area contributed by atoms with Gasteiger partial charge in [-0.05, 0) is 101 Å². The van der Waals surface area contributed by atoms with Crippen LogP contribution in [0.25, 0.3) is 10.9 Å². The molecule has 0 atom stereocenters. The van der Waals surface area contributed by atoms with E-state index in [0.717, 1.165) is 57.5 Å². The van der Waals surface area contributed by atoms with Crippen LogP contribution in [0, 0.1) is 12.8 Å². The maximum absolute atomic E-state index is 15.6. The Balaban J connectivity index is 1.23. The third kappa shape index (κ3) is 6.21. The molecule has 3 aromatic rings. The van der Waals surface area contributed by atoms with Gasteiger partial charge in [0, 0.05) is 54.4 Å². The van der Waals surface area contributed by atoms with Gasteiger partial charge >= 0.3 is 0 Å². The largest absolute Gasteiger partial charge is 0.344 e. The summed E-state index contributed by atoms with van der Waals surface area (Å²) in [5, 5.41) is 10.2.